The fourth-order valence-electron chi connectivity index (χ4n) is 3.57. The first-order chi connectivity index (χ1) is 9.90. The molecule has 2 fully saturated rings. The first kappa shape index (κ1) is 14.2. The van der Waals surface area contributed by atoms with E-state index in [0.29, 0.717) is 6.10 Å². The highest BCUT2D eigenvalue weighted by molar-refractivity contribution is 4.99. The second-order valence-corrected chi connectivity index (χ2v) is 6.35. The fraction of sp³-hybridized carbons (Fsp3) is 0.765. The molecule has 0 radical (unpaired) electrons. The van der Waals surface area contributed by atoms with Gasteiger partial charge in [0.25, 0.3) is 0 Å². The van der Waals surface area contributed by atoms with Gasteiger partial charge in [0.2, 0.25) is 0 Å². The van der Waals surface area contributed by atoms with E-state index in [-0.39, 0.29) is 0 Å². The quantitative estimate of drug-likeness (QED) is 0.796. The van der Waals surface area contributed by atoms with Crippen LogP contribution in [-0.4, -0.2) is 37.2 Å². The molecular weight excluding hydrogens is 250 g/mol. The molecule has 0 unspecified atom stereocenters. The molecule has 1 saturated carbocycles. The summed E-state index contributed by atoms with van der Waals surface area (Å²) >= 11 is 0. The molecule has 1 aromatic heterocycles. The summed E-state index contributed by atoms with van der Waals surface area (Å²) < 4.78 is 11.5. The van der Waals surface area contributed by atoms with Crippen molar-refractivity contribution in [2.24, 2.45) is 5.92 Å². The molecule has 3 rings (SSSR count). The molecule has 1 aliphatic carbocycles. The minimum absolute atomic E-state index is 0.505. The maximum Gasteiger partial charge on any atom is 0.104 e. The zero-order valence-corrected chi connectivity index (χ0v) is 12.4. The lowest BCUT2D eigenvalue weighted by molar-refractivity contribution is 0.00921. The van der Waals surface area contributed by atoms with E-state index in [1.54, 1.807) is 6.26 Å². The van der Waals surface area contributed by atoms with Gasteiger partial charge in [-0.3, -0.25) is 0 Å². The van der Waals surface area contributed by atoms with Crippen molar-refractivity contribution >= 4 is 0 Å². The summed E-state index contributed by atoms with van der Waals surface area (Å²) in [5.74, 6) is 1.93. The average Bonchev–Trinajstić information content (AvgIpc) is 3.14. The predicted molar refractivity (Wildman–Crippen MR) is 79.8 cm³/mol. The van der Waals surface area contributed by atoms with Crippen LogP contribution >= 0.6 is 0 Å². The van der Waals surface area contributed by atoms with Gasteiger partial charge in [0.05, 0.1) is 19.0 Å². The van der Waals surface area contributed by atoms with Gasteiger partial charge in [-0.05, 0) is 69.7 Å². The first-order valence-electron chi connectivity index (χ1n) is 8.26. The Balaban J connectivity index is 1.30. The van der Waals surface area contributed by atoms with Crippen LogP contribution in [0.15, 0.2) is 22.8 Å². The molecule has 20 heavy (non-hydrogen) atoms. The van der Waals surface area contributed by atoms with E-state index in [4.69, 9.17) is 9.15 Å². The van der Waals surface area contributed by atoms with Crippen molar-refractivity contribution in [3.8, 4) is 0 Å². The minimum atomic E-state index is 0.505. The Morgan fingerprint density at radius 2 is 1.95 bits per heavy atom. The van der Waals surface area contributed by atoms with Crippen molar-refractivity contribution < 1.29 is 9.15 Å². The van der Waals surface area contributed by atoms with Gasteiger partial charge >= 0.3 is 0 Å². The summed E-state index contributed by atoms with van der Waals surface area (Å²) in [4.78, 5) is 2.53. The van der Waals surface area contributed by atoms with Crippen molar-refractivity contribution in [3.05, 3.63) is 24.2 Å². The lowest BCUT2D eigenvalue weighted by atomic mass is 9.85. The molecule has 0 atom stereocenters. The Morgan fingerprint density at radius 1 is 1.15 bits per heavy atom. The van der Waals surface area contributed by atoms with E-state index in [1.165, 1.54) is 51.6 Å². The van der Waals surface area contributed by atoms with Crippen LogP contribution in [0.1, 0.15) is 44.3 Å². The van der Waals surface area contributed by atoms with Gasteiger partial charge < -0.3 is 14.1 Å². The SMILES string of the molecule is c1coc(CC2CCC(OCCN3CCCC3)CC2)c1. The molecular formula is C17H27NO2. The number of ether oxygens (including phenoxy) is 1. The van der Waals surface area contributed by atoms with Crippen molar-refractivity contribution in [1.29, 1.82) is 0 Å². The number of furan rings is 1. The molecule has 112 valence electrons. The summed E-state index contributed by atoms with van der Waals surface area (Å²) in [6.07, 6.45) is 11.2. The highest BCUT2D eigenvalue weighted by Crippen LogP contribution is 2.29. The highest BCUT2D eigenvalue weighted by Gasteiger charge is 2.22. The number of hydrogen-bond acceptors (Lipinski definition) is 3. The second-order valence-electron chi connectivity index (χ2n) is 6.35. The van der Waals surface area contributed by atoms with Crippen LogP contribution in [0.3, 0.4) is 0 Å². The minimum Gasteiger partial charge on any atom is -0.469 e. The molecule has 0 aromatic carbocycles. The number of rotatable bonds is 6. The molecule has 0 amide bonds. The zero-order chi connectivity index (χ0) is 13.6. The monoisotopic (exact) mass is 277 g/mol. The van der Waals surface area contributed by atoms with Crippen LogP contribution in [0.4, 0.5) is 0 Å². The van der Waals surface area contributed by atoms with E-state index in [0.717, 1.165) is 31.3 Å². The van der Waals surface area contributed by atoms with Gasteiger partial charge in [-0.2, -0.15) is 0 Å². The van der Waals surface area contributed by atoms with Crippen molar-refractivity contribution in [2.45, 2.75) is 51.0 Å². The van der Waals surface area contributed by atoms with Crippen molar-refractivity contribution in [2.75, 3.05) is 26.2 Å². The van der Waals surface area contributed by atoms with E-state index in [1.807, 2.05) is 6.07 Å². The molecule has 2 aliphatic rings. The third-order valence-corrected chi connectivity index (χ3v) is 4.82. The normalized spacial score (nSPS) is 28.0. The summed E-state index contributed by atoms with van der Waals surface area (Å²) in [6.45, 7) is 4.61. The summed E-state index contributed by atoms with van der Waals surface area (Å²) in [5, 5.41) is 0. The Labute approximate surface area is 122 Å². The lowest BCUT2D eigenvalue weighted by Crippen LogP contribution is -2.28. The van der Waals surface area contributed by atoms with Crippen molar-refractivity contribution in [1.82, 2.24) is 4.90 Å². The Hall–Kier alpha value is -0.800. The summed E-state index contributed by atoms with van der Waals surface area (Å²) in [7, 11) is 0. The van der Waals surface area contributed by atoms with Crippen LogP contribution < -0.4 is 0 Å². The smallest absolute Gasteiger partial charge is 0.104 e. The molecule has 0 spiro atoms. The van der Waals surface area contributed by atoms with Gasteiger partial charge in [0.1, 0.15) is 5.76 Å². The third kappa shape index (κ3) is 4.10. The van der Waals surface area contributed by atoms with Gasteiger partial charge in [0.15, 0.2) is 0 Å². The molecule has 2 heterocycles. The van der Waals surface area contributed by atoms with E-state index in [9.17, 15) is 0 Å². The molecule has 1 aromatic rings. The van der Waals surface area contributed by atoms with Crippen LogP contribution in [0, 0.1) is 5.92 Å². The van der Waals surface area contributed by atoms with Crippen molar-refractivity contribution in [3.63, 3.8) is 0 Å². The molecule has 0 N–H and O–H groups in total. The van der Waals surface area contributed by atoms with E-state index < -0.39 is 0 Å². The summed E-state index contributed by atoms with van der Waals surface area (Å²) in [6, 6.07) is 4.08. The van der Waals surface area contributed by atoms with E-state index >= 15 is 0 Å². The molecule has 1 saturated heterocycles. The Bertz CT molecular complexity index is 362. The van der Waals surface area contributed by atoms with E-state index in [2.05, 4.69) is 11.0 Å². The summed E-state index contributed by atoms with van der Waals surface area (Å²) in [5.41, 5.74) is 0. The largest absolute Gasteiger partial charge is 0.469 e. The number of likely N-dealkylation sites (tertiary alicyclic amines) is 1. The maximum atomic E-state index is 6.06. The number of nitrogens with zero attached hydrogens (tertiary/aromatic N) is 1. The standard InChI is InChI=1S/C17H27NO2/c1-2-10-18(9-1)11-13-20-16-7-5-15(6-8-16)14-17-4-3-12-19-17/h3-4,12,15-16H,1-2,5-11,13-14H2. The van der Waals surface area contributed by atoms with Gasteiger partial charge in [-0.15, -0.1) is 0 Å². The van der Waals surface area contributed by atoms with Crippen LogP contribution in [0.5, 0.6) is 0 Å². The van der Waals surface area contributed by atoms with Crippen LogP contribution in [-0.2, 0) is 11.2 Å². The highest BCUT2D eigenvalue weighted by atomic mass is 16.5. The molecule has 1 aliphatic heterocycles. The van der Waals surface area contributed by atoms with Crippen LogP contribution in [0.2, 0.25) is 0 Å². The topological polar surface area (TPSA) is 25.6 Å². The predicted octanol–water partition coefficient (Wildman–Crippen LogP) is 3.49. The number of hydrogen-bond donors (Lipinski definition) is 0. The fourth-order valence-corrected chi connectivity index (χ4v) is 3.57. The molecule has 3 nitrogen and oxygen atoms in total. The Morgan fingerprint density at radius 3 is 2.65 bits per heavy atom. The second kappa shape index (κ2) is 7.28. The maximum absolute atomic E-state index is 6.06. The third-order valence-electron chi connectivity index (χ3n) is 4.82. The van der Waals surface area contributed by atoms with Gasteiger partial charge in [-0.1, -0.05) is 0 Å². The zero-order valence-electron chi connectivity index (χ0n) is 12.4. The molecule has 0 bridgehead atoms. The Kier molecular flexibility index (Phi) is 5.15. The van der Waals surface area contributed by atoms with Crippen LogP contribution in [0.25, 0.3) is 0 Å². The first-order valence-corrected chi connectivity index (χ1v) is 8.26. The van der Waals surface area contributed by atoms with Gasteiger partial charge in [0, 0.05) is 13.0 Å². The lowest BCUT2D eigenvalue weighted by Gasteiger charge is -2.28. The van der Waals surface area contributed by atoms with Gasteiger partial charge in [-0.25, -0.2) is 0 Å². The molecule has 3 heteroatoms. The average molecular weight is 277 g/mol.